The Labute approximate surface area is 80.1 Å². The van der Waals surface area contributed by atoms with Gasteiger partial charge in [0.05, 0.1) is 6.61 Å². The maximum Gasteiger partial charge on any atom is 0.0618 e. The van der Waals surface area contributed by atoms with Crippen molar-refractivity contribution in [1.29, 1.82) is 0 Å². The Hall–Kier alpha value is 0.270. The van der Waals surface area contributed by atoms with Crippen molar-refractivity contribution in [3.05, 3.63) is 0 Å². The molecule has 0 aliphatic carbocycles. The van der Waals surface area contributed by atoms with Gasteiger partial charge in [-0.25, -0.2) is 0 Å². The average Bonchev–Trinajstić information content (AvgIpc) is 2.06. The Bertz CT molecular complexity index is 111. The normalized spacial score (nSPS) is 16.0. The van der Waals surface area contributed by atoms with Gasteiger partial charge in [-0.1, -0.05) is 13.8 Å². The van der Waals surface area contributed by atoms with E-state index in [4.69, 9.17) is 5.11 Å². The molecule has 1 atom stereocenters. The van der Waals surface area contributed by atoms with E-state index in [1.807, 2.05) is 11.8 Å². The van der Waals surface area contributed by atoms with Crippen LogP contribution in [0.5, 0.6) is 0 Å². The van der Waals surface area contributed by atoms with E-state index in [1.165, 1.54) is 12.2 Å². The van der Waals surface area contributed by atoms with E-state index in [0.717, 1.165) is 12.3 Å². The third-order valence-electron chi connectivity index (χ3n) is 1.72. The van der Waals surface area contributed by atoms with E-state index in [0.29, 0.717) is 0 Å². The van der Waals surface area contributed by atoms with Crippen molar-refractivity contribution >= 4 is 11.8 Å². The highest BCUT2D eigenvalue weighted by atomic mass is 32.2. The van der Waals surface area contributed by atoms with Crippen LogP contribution in [-0.2, 0) is 0 Å². The number of nitrogens with one attached hydrogen (secondary N) is 1. The molecule has 0 aromatic heterocycles. The van der Waals surface area contributed by atoms with Crippen molar-refractivity contribution < 1.29 is 5.11 Å². The Balaban J connectivity index is 3.63. The van der Waals surface area contributed by atoms with Crippen LogP contribution < -0.4 is 5.32 Å². The van der Waals surface area contributed by atoms with Gasteiger partial charge in [0.15, 0.2) is 0 Å². The number of aliphatic hydroxyl groups excluding tert-OH is 1. The van der Waals surface area contributed by atoms with Crippen LogP contribution in [-0.4, -0.2) is 35.3 Å². The minimum atomic E-state index is -0.0887. The molecule has 0 fully saturated rings. The largest absolute Gasteiger partial charge is 0.394 e. The fourth-order valence-electron chi connectivity index (χ4n) is 1.02. The van der Waals surface area contributed by atoms with E-state index >= 15 is 0 Å². The fraction of sp³-hybridized carbons (Fsp3) is 1.00. The first kappa shape index (κ1) is 12.3. The van der Waals surface area contributed by atoms with Gasteiger partial charge in [-0.05, 0) is 25.6 Å². The first-order valence-corrected chi connectivity index (χ1v) is 5.77. The first-order chi connectivity index (χ1) is 5.68. The molecule has 0 amide bonds. The minimum Gasteiger partial charge on any atom is -0.394 e. The molecule has 2 nitrogen and oxygen atoms in total. The number of likely N-dealkylation sites (N-methyl/N-ethyl adjacent to an activating group) is 1. The SMILES string of the molecule is CCCSCC(C)(CO)NCC. The van der Waals surface area contributed by atoms with Crippen LogP contribution in [0.2, 0.25) is 0 Å². The number of aliphatic hydroxyl groups is 1. The summed E-state index contributed by atoms with van der Waals surface area (Å²) < 4.78 is 0. The second-order valence-corrected chi connectivity index (χ2v) is 4.41. The Morgan fingerprint density at radius 2 is 2.08 bits per heavy atom. The molecular formula is C9H21NOS. The maximum absolute atomic E-state index is 9.14. The molecule has 0 saturated carbocycles. The molecule has 74 valence electrons. The molecule has 0 rings (SSSR count). The van der Waals surface area contributed by atoms with Gasteiger partial charge in [-0.15, -0.1) is 0 Å². The maximum atomic E-state index is 9.14. The van der Waals surface area contributed by atoms with E-state index in [2.05, 4.69) is 26.1 Å². The van der Waals surface area contributed by atoms with Crippen molar-refractivity contribution in [2.24, 2.45) is 0 Å². The summed E-state index contributed by atoms with van der Waals surface area (Å²) in [5.74, 6) is 2.17. The van der Waals surface area contributed by atoms with Crippen molar-refractivity contribution in [2.45, 2.75) is 32.7 Å². The lowest BCUT2D eigenvalue weighted by atomic mass is 10.1. The van der Waals surface area contributed by atoms with Gasteiger partial charge in [0.2, 0.25) is 0 Å². The van der Waals surface area contributed by atoms with E-state index in [9.17, 15) is 0 Å². The quantitative estimate of drug-likeness (QED) is 0.598. The molecule has 3 heteroatoms. The minimum absolute atomic E-state index is 0.0887. The summed E-state index contributed by atoms with van der Waals surface area (Å²) >= 11 is 1.90. The number of hydrogen-bond donors (Lipinski definition) is 2. The third-order valence-corrected chi connectivity index (χ3v) is 3.26. The lowest BCUT2D eigenvalue weighted by Gasteiger charge is -2.27. The van der Waals surface area contributed by atoms with Crippen LogP contribution in [0.15, 0.2) is 0 Å². The predicted octanol–water partition coefficient (Wildman–Crippen LogP) is 1.49. The van der Waals surface area contributed by atoms with Crippen molar-refractivity contribution in [3.8, 4) is 0 Å². The summed E-state index contributed by atoms with van der Waals surface area (Å²) in [7, 11) is 0. The van der Waals surface area contributed by atoms with E-state index in [1.54, 1.807) is 0 Å². The van der Waals surface area contributed by atoms with Gasteiger partial charge in [-0.3, -0.25) is 0 Å². The van der Waals surface area contributed by atoms with Crippen LogP contribution >= 0.6 is 11.8 Å². The highest BCUT2D eigenvalue weighted by Gasteiger charge is 2.20. The predicted molar refractivity (Wildman–Crippen MR) is 56.8 cm³/mol. The average molecular weight is 191 g/mol. The molecule has 0 heterocycles. The number of hydrogen-bond acceptors (Lipinski definition) is 3. The van der Waals surface area contributed by atoms with Crippen LogP contribution in [0.25, 0.3) is 0 Å². The second-order valence-electron chi connectivity index (χ2n) is 3.30. The van der Waals surface area contributed by atoms with Crippen LogP contribution in [0.3, 0.4) is 0 Å². The van der Waals surface area contributed by atoms with Crippen LogP contribution in [0.1, 0.15) is 27.2 Å². The molecular weight excluding hydrogens is 170 g/mol. The molecule has 0 saturated heterocycles. The van der Waals surface area contributed by atoms with Gasteiger partial charge in [0.1, 0.15) is 0 Å². The zero-order valence-corrected chi connectivity index (χ0v) is 9.21. The van der Waals surface area contributed by atoms with E-state index in [-0.39, 0.29) is 12.1 Å². The van der Waals surface area contributed by atoms with Gasteiger partial charge in [-0.2, -0.15) is 11.8 Å². The molecule has 0 aliphatic rings. The fourth-order valence-corrected chi connectivity index (χ4v) is 2.10. The molecule has 2 N–H and O–H groups in total. The smallest absolute Gasteiger partial charge is 0.0618 e. The molecule has 0 spiro atoms. The molecule has 1 unspecified atom stereocenters. The molecule has 0 aromatic carbocycles. The second kappa shape index (κ2) is 6.75. The number of thioether (sulfide) groups is 1. The van der Waals surface area contributed by atoms with Gasteiger partial charge in [0.25, 0.3) is 0 Å². The van der Waals surface area contributed by atoms with Crippen molar-refractivity contribution in [2.75, 3.05) is 24.7 Å². The summed E-state index contributed by atoms with van der Waals surface area (Å²) in [6.07, 6.45) is 1.21. The first-order valence-electron chi connectivity index (χ1n) is 4.62. The van der Waals surface area contributed by atoms with E-state index < -0.39 is 0 Å². The third kappa shape index (κ3) is 5.01. The molecule has 0 radical (unpaired) electrons. The zero-order valence-electron chi connectivity index (χ0n) is 8.39. The zero-order chi connectivity index (χ0) is 9.45. The molecule has 0 bridgehead atoms. The number of rotatable bonds is 7. The van der Waals surface area contributed by atoms with Gasteiger partial charge in [0, 0.05) is 11.3 Å². The van der Waals surface area contributed by atoms with Gasteiger partial charge >= 0.3 is 0 Å². The Morgan fingerprint density at radius 3 is 2.50 bits per heavy atom. The lowest BCUT2D eigenvalue weighted by Crippen LogP contribution is -2.47. The summed E-state index contributed by atoms with van der Waals surface area (Å²) in [4.78, 5) is 0. The standard InChI is InChI=1S/C9H21NOS/c1-4-6-12-8-9(3,7-11)10-5-2/h10-11H,4-8H2,1-3H3. The van der Waals surface area contributed by atoms with Crippen molar-refractivity contribution in [1.82, 2.24) is 5.32 Å². The highest BCUT2D eigenvalue weighted by molar-refractivity contribution is 7.99. The summed E-state index contributed by atoms with van der Waals surface area (Å²) in [6, 6.07) is 0. The van der Waals surface area contributed by atoms with Crippen molar-refractivity contribution in [3.63, 3.8) is 0 Å². The Morgan fingerprint density at radius 1 is 1.42 bits per heavy atom. The highest BCUT2D eigenvalue weighted by Crippen LogP contribution is 2.13. The summed E-state index contributed by atoms with van der Waals surface area (Å²) in [6.45, 7) is 7.45. The Kier molecular flexibility index (Phi) is 6.90. The molecule has 0 aromatic rings. The topological polar surface area (TPSA) is 32.3 Å². The van der Waals surface area contributed by atoms with Crippen LogP contribution in [0.4, 0.5) is 0 Å². The summed E-state index contributed by atoms with van der Waals surface area (Å²) in [5.41, 5.74) is -0.0887. The molecule has 12 heavy (non-hydrogen) atoms. The summed E-state index contributed by atoms with van der Waals surface area (Å²) in [5, 5.41) is 12.4. The monoisotopic (exact) mass is 191 g/mol. The molecule has 0 aliphatic heterocycles. The van der Waals surface area contributed by atoms with Gasteiger partial charge < -0.3 is 10.4 Å². The van der Waals surface area contributed by atoms with Crippen LogP contribution in [0, 0.1) is 0 Å². The lowest BCUT2D eigenvalue weighted by molar-refractivity contribution is 0.194.